The average Bonchev–Trinajstić information content (AvgIpc) is 2.39. The number of benzene rings is 1. The van der Waals surface area contributed by atoms with Crippen molar-refractivity contribution < 1.29 is 24.3 Å². The van der Waals surface area contributed by atoms with Crippen molar-refractivity contribution in [1.29, 1.82) is 0 Å². The summed E-state index contributed by atoms with van der Waals surface area (Å²) in [6, 6.07) is 8.84. The largest absolute Gasteiger partial charge is 0.479 e. The monoisotopic (exact) mass is 272 g/mol. The summed E-state index contributed by atoms with van der Waals surface area (Å²) in [7, 11) is 0. The SMILES string of the molecule is O=C(O)C(O)C(CO)OSN=Nc1ccccc1. The summed E-state index contributed by atoms with van der Waals surface area (Å²) in [4.78, 5) is 10.4. The summed E-state index contributed by atoms with van der Waals surface area (Å²) in [5.74, 6) is -1.48. The van der Waals surface area contributed by atoms with Crippen LogP contribution in [0.2, 0.25) is 0 Å². The Morgan fingerprint density at radius 3 is 2.61 bits per heavy atom. The van der Waals surface area contributed by atoms with E-state index >= 15 is 0 Å². The van der Waals surface area contributed by atoms with E-state index in [1.54, 1.807) is 24.3 Å². The van der Waals surface area contributed by atoms with Crippen LogP contribution in [0.25, 0.3) is 0 Å². The van der Waals surface area contributed by atoms with Gasteiger partial charge in [0.15, 0.2) is 18.3 Å². The van der Waals surface area contributed by atoms with Crippen LogP contribution in [0.15, 0.2) is 40.0 Å². The number of rotatable bonds is 7. The molecule has 0 fully saturated rings. The molecule has 18 heavy (non-hydrogen) atoms. The molecular weight excluding hydrogens is 260 g/mol. The minimum atomic E-state index is -1.81. The van der Waals surface area contributed by atoms with Crippen LogP contribution < -0.4 is 0 Å². The zero-order valence-electron chi connectivity index (χ0n) is 9.21. The van der Waals surface area contributed by atoms with Gasteiger partial charge in [-0.15, -0.1) is 5.11 Å². The first-order valence-corrected chi connectivity index (χ1v) is 5.65. The second kappa shape index (κ2) is 7.77. The molecule has 98 valence electrons. The van der Waals surface area contributed by atoms with Gasteiger partial charge in [-0.1, -0.05) is 22.7 Å². The number of carboxylic acids is 1. The van der Waals surface area contributed by atoms with Gasteiger partial charge in [-0.05, 0) is 12.1 Å². The molecule has 0 aliphatic rings. The van der Waals surface area contributed by atoms with Crippen LogP contribution in [0.5, 0.6) is 0 Å². The summed E-state index contributed by atoms with van der Waals surface area (Å²) in [6.07, 6.45) is -3.07. The van der Waals surface area contributed by atoms with Gasteiger partial charge in [0.2, 0.25) is 0 Å². The molecule has 0 spiro atoms. The standard InChI is InChI=1S/C10H12N2O5S/c13-6-8(9(14)10(15)16)17-18-12-11-7-4-2-1-3-5-7/h1-5,8-9,13-14H,6H2,(H,15,16). The second-order valence-electron chi connectivity index (χ2n) is 3.19. The molecule has 0 aliphatic heterocycles. The van der Waals surface area contributed by atoms with Crippen molar-refractivity contribution in [3.05, 3.63) is 30.3 Å². The molecule has 2 atom stereocenters. The molecule has 0 aromatic heterocycles. The smallest absolute Gasteiger partial charge is 0.335 e. The normalized spacial score (nSPS) is 14.6. The van der Waals surface area contributed by atoms with Crippen LogP contribution in [0.1, 0.15) is 0 Å². The maximum atomic E-state index is 10.4. The third-order valence-corrected chi connectivity index (χ3v) is 2.38. The van der Waals surface area contributed by atoms with Gasteiger partial charge in [0, 0.05) is 0 Å². The molecule has 0 amide bonds. The van der Waals surface area contributed by atoms with Gasteiger partial charge in [-0.3, -0.25) is 4.18 Å². The Bertz CT molecular complexity index is 401. The van der Waals surface area contributed by atoms with E-state index in [4.69, 9.17) is 19.5 Å². The highest BCUT2D eigenvalue weighted by atomic mass is 32.2. The maximum Gasteiger partial charge on any atom is 0.335 e. The molecule has 0 saturated carbocycles. The Kier molecular flexibility index (Phi) is 6.29. The number of aliphatic hydroxyl groups excluding tert-OH is 2. The minimum Gasteiger partial charge on any atom is -0.479 e. The summed E-state index contributed by atoms with van der Waals surface area (Å²) >= 11 is 0.502. The molecule has 1 rings (SSSR count). The Morgan fingerprint density at radius 2 is 2.06 bits per heavy atom. The number of aliphatic carboxylic acids is 1. The molecule has 1 aromatic rings. The number of carboxylic acid groups (broad SMARTS) is 1. The van der Waals surface area contributed by atoms with Crippen molar-refractivity contribution in [2.45, 2.75) is 12.2 Å². The summed E-state index contributed by atoms with van der Waals surface area (Å²) in [6.45, 7) is -0.638. The van der Waals surface area contributed by atoms with E-state index in [0.717, 1.165) is 0 Å². The zero-order valence-corrected chi connectivity index (χ0v) is 10.0. The molecule has 1 aromatic carbocycles. The van der Waals surface area contributed by atoms with E-state index in [1.807, 2.05) is 6.07 Å². The molecule has 0 heterocycles. The van der Waals surface area contributed by atoms with Crippen LogP contribution >= 0.6 is 12.2 Å². The molecule has 0 saturated heterocycles. The van der Waals surface area contributed by atoms with Crippen molar-refractivity contribution in [1.82, 2.24) is 0 Å². The van der Waals surface area contributed by atoms with E-state index in [0.29, 0.717) is 17.9 Å². The van der Waals surface area contributed by atoms with Crippen molar-refractivity contribution in [2.75, 3.05) is 6.61 Å². The predicted molar refractivity (Wildman–Crippen MR) is 64.2 cm³/mol. The van der Waals surface area contributed by atoms with Crippen LogP contribution in [0, 0.1) is 0 Å². The molecule has 7 nitrogen and oxygen atoms in total. The first-order chi connectivity index (χ1) is 8.65. The molecule has 3 N–H and O–H groups in total. The summed E-state index contributed by atoms with van der Waals surface area (Å²) in [5, 5.41) is 30.2. The van der Waals surface area contributed by atoms with Crippen molar-refractivity contribution in [3.8, 4) is 0 Å². The Hall–Kier alpha value is -1.48. The van der Waals surface area contributed by atoms with Crippen LogP contribution in [0.4, 0.5) is 5.69 Å². The fourth-order valence-corrected chi connectivity index (χ4v) is 1.42. The lowest BCUT2D eigenvalue weighted by atomic mass is 10.2. The third kappa shape index (κ3) is 4.80. The Balaban J connectivity index is 2.40. The zero-order chi connectivity index (χ0) is 13.4. The van der Waals surface area contributed by atoms with Gasteiger partial charge in [-0.25, -0.2) is 4.79 Å². The number of carbonyl (C=O) groups is 1. The van der Waals surface area contributed by atoms with E-state index in [1.165, 1.54) is 0 Å². The fraction of sp³-hybridized carbons (Fsp3) is 0.300. The van der Waals surface area contributed by atoms with Crippen LogP contribution in [-0.4, -0.2) is 40.1 Å². The van der Waals surface area contributed by atoms with Gasteiger partial charge >= 0.3 is 5.97 Å². The molecule has 0 bridgehead atoms. The lowest BCUT2D eigenvalue weighted by Crippen LogP contribution is -2.37. The van der Waals surface area contributed by atoms with E-state index < -0.39 is 24.8 Å². The van der Waals surface area contributed by atoms with Gasteiger partial charge in [-0.2, -0.15) is 0 Å². The Labute approximate surface area is 107 Å². The summed E-state index contributed by atoms with van der Waals surface area (Å²) in [5.41, 5.74) is 0.605. The lowest BCUT2D eigenvalue weighted by Gasteiger charge is -2.14. The molecule has 0 radical (unpaired) electrons. The second-order valence-corrected chi connectivity index (χ2v) is 3.70. The molecule has 2 unspecified atom stereocenters. The van der Waals surface area contributed by atoms with Crippen molar-refractivity contribution in [3.63, 3.8) is 0 Å². The van der Waals surface area contributed by atoms with E-state index in [9.17, 15) is 4.79 Å². The molecular formula is C10H12N2O5S. The Morgan fingerprint density at radius 1 is 1.39 bits per heavy atom. The number of aliphatic hydroxyl groups is 2. The first-order valence-electron chi connectivity index (χ1n) is 4.95. The van der Waals surface area contributed by atoms with E-state index in [2.05, 4.69) is 9.63 Å². The topological polar surface area (TPSA) is 112 Å². The van der Waals surface area contributed by atoms with Crippen LogP contribution in [-0.2, 0) is 8.98 Å². The number of hydrogen-bond donors (Lipinski definition) is 3. The lowest BCUT2D eigenvalue weighted by molar-refractivity contribution is -0.152. The first kappa shape index (κ1) is 14.6. The predicted octanol–water partition coefficient (Wildman–Crippen LogP) is 1.16. The maximum absolute atomic E-state index is 10.4. The highest BCUT2D eigenvalue weighted by molar-refractivity contribution is 7.93. The minimum absolute atomic E-state index is 0.502. The fourth-order valence-electron chi connectivity index (χ4n) is 0.975. The van der Waals surface area contributed by atoms with Crippen molar-refractivity contribution in [2.24, 2.45) is 9.63 Å². The van der Waals surface area contributed by atoms with Crippen LogP contribution in [0.3, 0.4) is 0 Å². The van der Waals surface area contributed by atoms with Gasteiger partial charge in [0.1, 0.15) is 6.10 Å². The highest BCUT2D eigenvalue weighted by Crippen LogP contribution is 2.17. The van der Waals surface area contributed by atoms with Gasteiger partial charge in [0.05, 0.1) is 12.3 Å². The van der Waals surface area contributed by atoms with Gasteiger partial charge < -0.3 is 15.3 Å². The number of nitrogens with zero attached hydrogens (tertiary/aromatic N) is 2. The third-order valence-electron chi connectivity index (χ3n) is 1.90. The quantitative estimate of drug-likeness (QED) is 0.390. The van der Waals surface area contributed by atoms with Gasteiger partial charge in [0.25, 0.3) is 0 Å². The molecule has 8 heteroatoms. The summed E-state index contributed by atoms with van der Waals surface area (Å²) < 4.78 is 8.39. The van der Waals surface area contributed by atoms with E-state index in [-0.39, 0.29) is 0 Å². The highest BCUT2D eigenvalue weighted by Gasteiger charge is 2.26. The molecule has 0 aliphatic carbocycles. The average molecular weight is 272 g/mol. The number of hydrogen-bond acceptors (Lipinski definition) is 7. The van der Waals surface area contributed by atoms with Crippen molar-refractivity contribution >= 4 is 23.9 Å².